The summed E-state index contributed by atoms with van der Waals surface area (Å²) in [6.45, 7) is 4.54. The van der Waals surface area contributed by atoms with Crippen LogP contribution in [0.1, 0.15) is 20.3 Å². The minimum absolute atomic E-state index is 1.05. The molecule has 0 nitrogen and oxygen atoms in total. The van der Waals surface area contributed by atoms with Crippen LogP contribution in [0.3, 0.4) is 0 Å². The predicted molar refractivity (Wildman–Crippen MR) is 19.7 cm³/mol. The van der Waals surface area contributed by atoms with Crippen molar-refractivity contribution < 1.29 is 25.8 Å². The van der Waals surface area contributed by atoms with Crippen LogP contribution in [-0.4, -0.2) is 0 Å². The zero-order valence-corrected chi connectivity index (χ0v) is 8.03. The Bertz CT molecular complexity index is 17.6. The van der Waals surface area contributed by atoms with Gasteiger partial charge in [-0.3, -0.25) is 0 Å². The SMILES string of the molecule is CC[CH](C)[Cd]. The molecule has 1 heteroatoms. The molecule has 0 N–H and O–H groups in total. The average Bonchev–Trinajstić information content (AvgIpc) is 1.38. The molecule has 0 heterocycles. The fourth-order valence-electron chi connectivity index (χ4n) is 0. The van der Waals surface area contributed by atoms with E-state index in [1.807, 2.05) is 0 Å². The van der Waals surface area contributed by atoms with Crippen molar-refractivity contribution in [3.8, 4) is 0 Å². The van der Waals surface area contributed by atoms with Crippen molar-refractivity contribution in [1.29, 1.82) is 0 Å². The molecule has 0 saturated carbocycles. The van der Waals surface area contributed by atoms with Gasteiger partial charge in [0.25, 0.3) is 0 Å². The summed E-state index contributed by atoms with van der Waals surface area (Å²) in [5, 5.41) is 0. The molecule has 0 radical (unpaired) electrons. The third kappa shape index (κ3) is 4.92. The van der Waals surface area contributed by atoms with Crippen molar-refractivity contribution in [3.63, 3.8) is 0 Å². The van der Waals surface area contributed by atoms with E-state index >= 15 is 0 Å². The molecule has 0 aromatic heterocycles. The molecule has 0 saturated heterocycles. The Morgan fingerprint density at radius 2 is 2.00 bits per heavy atom. The Labute approximate surface area is 49.6 Å². The van der Waals surface area contributed by atoms with Gasteiger partial charge in [-0.2, -0.15) is 0 Å². The van der Waals surface area contributed by atoms with Gasteiger partial charge in [0.2, 0.25) is 0 Å². The third-order valence-electron chi connectivity index (χ3n) is 0.697. The Hall–Kier alpha value is 0.922. The number of hydrogen-bond donors (Lipinski definition) is 0. The molecule has 0 aliphatic heterocycles. The molecule has 0 spiro atoms. The van der Waals surface area contributed by atoms with E-state index in [0.29, 0.717) is 0 Å². The van der Waals surface area contributed by atoms with E-state index in [1.165, 1.54) is 32.2 Å². The molecule has 1 unspecified atom stereocenters. The van der Waals surface area contributed by atoms with Gasteiger partial charge in [0.05, 0.1) is 0 Å². The van der Waals surface area contributed by atoms with Crippen molar-refractivity contribution in [2.24, 2.45) is 0 Å². The maximum atomic E-state index is 2.30. The summed E-state index contributed by atoms with van der Waals surface area (Å²) >= 11 is 1.18. The third-order valence-corrected chi connectivity index (χ3v) is 2.34. The van der Waals surface area contributed by atoms with Crippen LogP contribution >= 0.6 is 0 Å². The van der Waals surface area contributed by atoms with Gasteiger partial charge in [-0.15, -0.1) is 0 Å². The molecule has 0 aliphatic rings. The van der Waals surface area contributed by atoms with Gasteiger partial charge >= 0.3 is 49.5 Å². The average molecular weight is 170 g/mol. The molecular weight excluding hydrogens is 160 g/mol. The Balaban J connectivity index is 2.54. The van der Waals surface area contributed by atoms with E-state index in [0.717, 1.165) is 3.48 Å². The summed E-state index contributed by atoms with van der Waals surface area (Å²) in [5.74, 6) is 0. The molecule has 0 aromatic carbocycles. The summed E-state index contributed by atoms with van der Waals surface area (Å²) in [4.78, 5) is 0. The first-order chi connectivity index (χ1) is 2.27. The van der Waals surface area contributed by atoms with Gasteiger partial charge in [-0.25, -0.2) is 0 Å². The number of hydrogen-bond acceptors (Lipinski definition) is 0. The predicted octanol–water partition coefficient (Wildman–Crippen LogP) is 1.75. The molecule has 0 aliphatic carbocycles. The van der Waals surface area contributed by atoms with Crippen molar-refractivity contribution in [2.75, 3.05) is 0 Å². The molecular formula is C4H9Cd. The maximum absolute atomic E-state index is 2.30. The first kappa shape index (κ1) is 5.92. The summed E-state index contributed by atoms with van der Waals surface area (Å²) in [5.41, 5.74) is 0. The first-order valence-corrected chi connectivity index (χ1v) is 4.43. The van der Waals surface area contributed by atoms with E-state index in [4.69, 9.17) is 0 Å². The molecule has 0 bridgehead atoms. The summed E-state index contributed by atoms with van der Waals surface area (Å²) < 4.78 is 1.05. The van der Waals surface area contributed by atoms with E-state index in [9.17, 15) is 0 Å². The second kappa shape index (κ2) is 3.13. The van der Waals surface area contributed by atoms with Crippen LogP contribution in [0.4, 0.5) is 0 Å². The fraction of sp³-hybridized carbons (Fsp3) is 1.00. The van der Waals surface area contributed by atoms with Crippen LogP contribution in [0.15, 0.2) is 0 Å². The summed E-state index contributed by atoms with van der Waals surface area (Å²) in [7, 11) is 0. The van der Waals surface area contributed by atoms with Crippen LogP contribution in [-0.2, 0) is 25.8 Å². The van der Waals surface area contributed by atoms with Gasteiger partial charge < -0.3 is 0 Å². The van der Waals surface area contributed by atoms with Gasteiger partial charge in [-0.05, 0) is 0 Å². The van der Waals surface area contributed by atoms with Crippen LogP contribution in [0, 0.1) is 0 Å². The molecule has 5 heavy (non-hydrogen) atoms. The molecule has 0 aromatic rings. The van der Waals surface area contributed by atoms with Gasteiger partial charge in [0.15, 0.2) is 0 Å². The van der Waals surface area contributed by atoms with E-state index < -0.39 is 0 Å². The van der Waals surface area contributed by atoms with Crippen LogP contribution in [0.5, 0.6) is 0 Å². The van der Waals surface area contributed by atoms with E-state index in [1.54, 1.807) is 0 Å². The zero-order chi connectivity index (χ0) is 4.28. The normalized spacial score (nSPS) is 15.2. The monoisotopic (exact) mass is 171 g/mol. The molecule has 0 amide bonds. The number of rotatable bonds is 1. The zero-order valence-electron chi connectivity index (χ0n) is 3.99. The second-order valence-corrected chi connectivity index (χ2v) is 5.49. The Kier molecular flexibility index (Phi) is 3.70. The minimum atomic E-state index is 1.05. The Morgan fingerprint density at radius 1 is 1.80 bits per heavy atom. The Morgan fingerprint density at radius 3 is 2.00 bits per heavy atom. The van der Waals surface area contributed by atoms with Crippen molar-refractivity contribution in [3.05, 3.63) is 0 Å². The molecule has 27 valence electrons. The topological polar surface area (TPSA) is 0 Å². The van der Waals surface area contributed by atoms with Gasteiger partial charge in [0, 0.05) is 0 Å². The summed E-state index contributed by atoms with van der Waals surface area (Å²) in [6.07, 6.45) is 1.38. The van der Waals surface area contributed by atoms with Crippen molar-refractivity contribution in [2.45, 2.75) is 23.7 Å². The molecule has 0 rings (SSSR count). The quantitative estimate of drug-likeness (QED) is 0.525. The fourth-order valence-corrected chi connectivity index (χ4v) is 0. The second-order valence-electron chi connectivity index (χ2n) is 1.51. The van der Waals surface area contributed by atoms with Gasteiger partial charge in [0.1, 0.15) is 0 Å². The van der Waals surface area contributed by atoms with Crippen LogP contribution < -0.4 is 0 Å². The van der Waals surface area contributed by atoms with Gasteiger partial charge in [-0.1, -0.05) is 0 Å². The van der Waals surface area contributed by atoms with Crippen LogP contribution in [0.25, 0.3) is 0 Å². The molecule has 1 atom stereocenters. The standard InChI is InChI=1S/C4H9.Cd/c1-3-4-2;/h3H,4H2,1-2H3;. The van der Waals surface area contributed by atoms with E-state index in [-0.39, 0.29) is 0 Å². The molecule has 0 fully saturated rings. The first-order valence-electron chi connectivity index (χ1n) is 2.10. The van der Waals surface area contributed by atoms with Crippen molar-refractivity contribution in [1.82, 2.24) is 0 Å². The van der Waals surface area contributed by atoms with Crippen LogP contribution in [0.2, 0.25) is 3.48 Å². The summed E-state index contributed by atoms with van der Waals surface area (Å²) in [6, 6.07) is 0. The van der Waals surface area contributed by atoms with E-state index in [2.05, 4.69) is 13.8 Å². The van der Waals surface area contributed by atoms with Crippen molar-refractivity contribution >= 4 is 0 Å².